The van der Waals surface area contributed by atoms with Crippen LogP contribution in [0.15, 0.2) is 0 Å². The molecule has 0 N–H and O–H groups in total. The van der Waals surface area contributed by atoms with Crippen LogP contribution in [0.25, 0.3) is 0 Å². The first-order valence-corrected chi connectivity index (χ1v) is 8.95. The van der Waals surface area contributed by atoms with Crippen molar-refractivity contribution in [2.45, 2.75) is 39.5 Å². The van der Waals surface area contributed by atoms with E-state index in [1.165, 1.54) is 11.4 Å². The van der Waals surface area contributed by atoms with Crippen LogP contribution in [-0.4, -0.2) is 12.4 Å². The van der Waals surface area contributed by atoms with Gasteiger partial charge in [0.2, 0.25) is 0 Å². The van der Waals surface area contributed by atoms with Crippen molar-refractivity contribution in [1.29, 1.82) is 0 Å². The Kier molecular flexibility index (Phi) is 14.1. The van der Waals surface area contributed by atoms with Gasteiger partial charge >= 0.3 is 19.5 Å². The van der Waals surface area contributed by atoms with Gasteiger partial charge in [-0.15, -0.1) is 11.4 Å². The van der Waals surface area contributed by atoms with Gasteiger partial charge in [-0.1, -0.05) is 38.5 Å². The Morgan fingerprint density at radius 1 is 1.29 bits per heavy atom. The topological polar surface area (TPSA) is 32.3 Å². The van der Waals surface area contributed by atoms with E-state index in [0.717, 1.165) is 31.4 Å². The van der Waals surface area contributed by atoms with Gasteiger partial charge in [-0.05, 0) is 18.6 Å². The van der Waals surface area contributed by atoms with Gasteiger partial charge in [-0.3, -0.25) is 0 Å². The van der Waals surface area contributed by atoms with Crippen LogP contribution in [0.2, 0.25) is 0 Å². The van der Waals surface area contributed by atoms with E-state index in [4.69, 9.17) is 16.3 Å². The van der Waals surface area contributed by atoms with Crippen LogP contribution in [0.3, 0.4) is 0 Å². The van der Waals surface area contributed by atoms with Gasteiger partial charge in [-0.25, -0.2) is 0 Å². The van der Waals surface area contributed by atoms with Crippen molar-refractivity contribution >= 4 is 28.9 Å². The molecule has 81 valence electrons. The van der Waals surface area contributed by atoms with Crippen LogP contribution in [0.1, 0.15) is 39.5 Å². The summed E-state index contributed by atoms with van der Waals surface area (Å²) in [5.74, 6) is 0.851. The normalized spacial score (nSPS) is 14.5. The van der Waals surface area contributed by atoms with Gasteiger partial charge in [0.15, 0.2) is 0 Å². The summed E-state index contributed by atoms with van der Waals surface area (Å²) in [5.41, 5.74) is -2.75. The molecule has 1 atom stereocenters. The zero-order valence-electron chi connectivity index (χ0n) is 9.03. The van der Waals surface area contributed by atoms with Crippen LogP contribution in [0.5, 0.6) is 0 Å². The first-order chi connectivity index (χ1) is 6.12. The van der Waals surface area contributed by atoms with Crippen molar-refractivity contribution < 1.29 is 28.9 Å². The maximum absolute atomic E-state index is 11.5. The molecule has 0 fully saturated rings. The van der Waals surface area contributed by atoms with Crippen molar-refractivity contribution in [2.24, 2.45) is 0 Å². The molecule has 0 spiro atoms. The molecule has 0 aromatic heterocycles. The molecule has 0 aliphatic carbocycles. The van der Waals surface area contributed by atoms with Crippen molar-refractivity contribution in [3.8, 4) is 0 Å². The second-order valence-electron chi connectivity index (χ2n) is 2.82. The Morgan fingerprint density at radius 2 is 1.86 bits per heavy atom. The van der Waals surface area contributed by atoms with Gasteiger partial charge in [0.25, 0.3) is 0 Å². The largest absolute Gasteiger partial charge is 1.00 e. The Bertz CT molecular complexity index is 155. The van der Waals surface area contributed by atoms with Crippen LogP contribution in [0.4, 0.5) is 0 Å². The first kappa shape index (κ1) is 17.9. The third-order valence-electron chi connectivity index (χ3n) is 1.49. The second-order valence-corrected chi connectivity index (χ2v) is 8.99. The molecule has 0 aromatic carbocycles. The third-order valence-corrected chi connectivity index (χ3v) is 5.86. The molecule has 0 aliphatic rings. The molecule has 0 rings (SSSR count). The maximum atomic E-state index is 11.5. The van der Waals surface area contributed by atoms with E-state index in [-0.39, 0.29) is 19.5 Å². The molecule has 14 heavy (non-hydrogen) atoms. The van der Waals surface area contributed by atoms with Crippen LogP contribution in [0, 0.1) is 0 Å². The summed E-state index contributed by atoms with van der Waals surface area (Å²) in [4.78, 5) is 11.5. The van der Waals surface area contributed by atoms with Gasteiger partial charge in [0.1, 0.15) is 0 Å². The van der Waals surface area contributed by atoms with Crippen LogP contribution >= 0.6 is 17.1 Å². The Balaban J connectivity index is 0. The van der Waals surface area contributed by atoms with E-state index in [9.17, 15) is 4.89 Å². The minimum atomic E-state index is -2.75. The molecule has 0 saturated carbocycles. The molecule has 6 heteroatoms. The van der Waals surface area contributed by atoms with Gasteiger partial charge in [0.05, 0.1) is 6.61 Å². The molecule has 0 aromatic rings. The summed E-state index contributed by atoms with van der Waals surface area (Å²) in [6.07, 6.45) is 4.16. The molecule has 0 aliphatic heterocycles. The third kappa shape index (κ3) is 11.6. The van der Waals surface area contributed by atoms with Crippen molar-refractivity contribution in [2.75, 3.05) is 12.4 Å². The van der Waals surface area contributed by atoms with E-state index in [2.05, 4.69) is 13.8 Å². The van der Waals surface area contributed by atoms with E-state index >= 15 is 0 Å². The fourth-order valence-electron chi connectivity index (χ4n) is 0.679. The smallest absolute Gasteiger partial charge is 0.793 e. The Labute approximate surface area is 109 Å². The minimum absolute atomic E-state index is 0. The van der Waals surface area contributed by atoms with Crippen molar-refractivity contribution in [3.63, 3.8) is 0 Å². The molecule has 0 heterocycles. The van der Waals surface area contributed by atoms with E-state index in [0.29, 0.717) is 6.61 Å². The number of unbranched alkanes of at least 4 members (excludes halogenated alkanes) is 2. The summed E-state index contributed by atoms with van der Waals surface area (Å²) in [5, 5.41) is 0. The number of rotatable bonds is 8. The van der Waals surface area contributed by atoms with Crippen LogP contribution in [-0.2, 0) is 35.8 Å². The molecule has 0 amide bonds. The fourth-order valence-corrected chi connectivity index (χ4v) is 4.15. The average Bonchev–Trinajstić information content (AvgIpc) is 2.05. The standard InChI is InChI=1S/C8H19O2PS2.Zn/c1-3-5-7-10-11(9,12)13-8-6-4-2;/h3-8H2,1-2H3,(H,9,12);/q;+1/p-1. The van der Waals surface area contributed by atoms with Crippen molar-refractivity contribution in [3.05, 3.63) is 0 Å². The summed E-state index contributed by atoms with van der Waals surface area (Å²) in [6.45, 7) is 4.71. The summed E-state index contributed by atoms with van der Waals surface area (Å²) < 4.78 is 5.15. The molecule has 0 saturated heterocycles. The zero-order chi connectivity index (χ0) is 10.2. The van der Waals surface area contributed by atoms with Gasteiger partial charge < -0.3 is 9.42 Å². The SMILES string of the molecule is CCCCOP([O-])(=S)SCCCC.[Zn+]. The molecule has 2 nitrogen and oxygen atoms in total. The zero-order valence-corrected chi connectivity index (χ0v) is 14.5. The summed E-state index contributed by atoms with van der Waals surface area (Å²) in [7, 11) is 0. The number of hydrogen-bond acceptors (Lipinski definition) is 4. The predicted octanol–water partition coefficient (Wildman–Crippen LogP) is 2.92. The van der Waals surface area contributed by atoms with Gasteiger partial charge in [0, 0.05) is 5.69 Å². The number of hydrogen-bond donors (Lipinski definition) is 0. The van der Waals surface area contributed by atoms with E-state index in [1.807, 2.05) is 0 Å². The summed E-state index contributed by atoms with van der Waals surface area (Å²) >= 11 is 6.17. The first-order valence-electron chi connectivity index (χ1n) is 4.72. The Morgan fingerprint density at radius 3 is 2.36 bits per heavy atom. The Hall–Kier alpha value is 1.54. The van der Waals surface area contributed by atoms with E-state index in [1.54, 1.807) is 0 Å². The fraction of sp³-hybridized carbons (Fsp3) is 1.00. The average molecular weight is 307 g/mol. The predicted molar refractivity (Wildman–Crippen MR) is 62.5 cm³/mol. The molecular weight excluding hydrogens is 289 g/mol. The van der Waals surface area contributed by atoms with E-state index < -0.39 is 5.69 Å². The monoisotopic (exact) mass is 305 g/mol. The molecule has 1 radical (unpaired) electrons. The van der Waals surface area contributed by atoms with Crippen molar-refractivity contribution in [1.82, 2.24) is 0 Å². The van der Waals surface area contributed by atoms with Crippen LogP contribution < -0.4 is 4.89 Å². The minimum Gasteiger partial charge on any atom is -0.793 e. The second kappa shape index (κ2) is 11.0. The quantitative estimate of drug-likeness (QED) is 0.392. The maximum Gasteiger partial charge on any atom is 1.00 e. The summed E-state index contributed by atoms with van der Waals surface area (Å²) in [6, 6.07) is 0. The molecule has 0 bridgehead atoms. The van der Waals surface area contributed by atoms with Gasteiger partial charge in [-0.2, -0.15) is 0 Å². The molecule has 1 unspecified atom stereocenters. The molecular formula is C8H18O2PS2Zn.